The summed E-state index contributed by atoms with van der Waals surface area (Å²) in [5.74, 6) is -0.373. The van der Waals surface area contributed by atoms with Gasteiger partial charge in [-0.2, -0.15) is 0 Å². The van der Waals surface area contributed by atoms with E-state index in [2.05, 4.69) is 38.2 Å². The number of carbonyl (C=O) groups excluding carboxylic acids is 1. The minimum Gasteiger partial charge on any atom is -0.498 e. The Morgan fingerprint density at radius 3 is 1.92 bits per heavy atom. The first-order chi connectivity index (χ1) is 24.9. The Morgan fingerprint density at radius 2 is 1.25 bits per heavy atom. The van der Waals surface area contributed by atoms with Crippen molar-refractivity contribution < 1.29 is 37.5 Å². The molecule has 3 unspecified atom stereocenters. The van der Waals surface area contributed by atoms with Crippen LogP contribution in [0.1, 0.15) is 174 Å². The van der Waals surface area contributed by atoms with Crippen molar-refractivity contribution in [1.29, 1.82) is 0 Å². The number of rotatable bonds is 38. The van der Waals surface area contributed by atoms with Crippen LogP contribution in [0.5, 0.6) is 0 Å². The second-order valence-electron chi connectivity index (χ2n) is 13.9. The Balaban J connectivity index is 2.17. The van der Waals surface area contributed by atoms with Gasteiger partial charge in [-0.05, 0) is 76.7 Å². The molecule has 0 aromatic rings. The number of unbranched alkanes of at least 4 members (excludes halogenated alkanes) is 18. The van der Waals surface area contributed by atoms with Gasteiger partial charge in [-0.15, -0.1) is 0 Å². The zero-order chi connectivity index (χ0) is 37.1. The van der Waals surface area contributed by atoms with Crippen LogP contribution in [0, 0.1) is 0 Å². The number of phosphoric ester groups is 1. The second-order valence-corrected chi connectivity index (χ2v) is 15.4. The topological polar surface area (TPSA) is 130 Å². The maximum Gasteiger partial charge on any atom is 0.472 e. The molecule has 1 saturated heterocycles. The first kappa shape index (κ1) is 47.5. The smallest absolute Gasteiger partial charge is 0.472 e. The molecule has 10 heteroatoms. The summed E-state index contributed by atoms with van der Waals surface area (Å²) in [5.41, 5.74) is 5.36. The van der Waals surface area contributed by atoms with Crippen molar-refractivity contribution in [3.8, 4) is 0 Å². The fraction of sp³-hybridized carbons (Fsp3) is 0.829. The molecule has 1 fully saturated rings. The standard InChI is InChI=1S/C41H76NO8P/c1-3-5-7-9-11-12-13-14-15-16-17-18-19-20-25-29-34-46-36-38(37-48-51(44,45)47-35-33-42)49-41(43)32-28-24-21-23-27-31-40-39(50-40)30-26-22-10-8-6-4-2/h12-13,22,26,29,34,38-40H,3-11,14-21,23-25,27-28,30-33,35-37,42H2,1-2H3,(H,44,45)/b13-12-,26-22-,34-29+/t38-,39?,40?/m1/s1. The average molecular weight is 742 g/mol. The van der Waals surface area contributed by atoms with Crippen LogP contribution in [0.25, 0.3) is 0 Å². The van der Waals surface area contributed by atoms with Crippen LogP contribution in [0.15, 0.2) is 36.6 Å². The number of phosphoric acid groups is 1. The lowest BCUT2D eigenvalue weighted by molar-refractivity contribution is -0.153. The van der Waals surface area contributed by atoms with E-state index in [0.717, 1.165) is 57.8 Å². The molecular formula is C41H76NO8P. The second kappa shape index (κ2) is 34.3. The highest BCUT2D eigenvalue weighted by atomic mass is 31.2. The summed E-state index contributed by atoms with van der Waals surface area (Å²) in [4.78, 5) is 22.4. The van der Waals surface area contributed by atoms with Gasteiger partial charge in [-0.3, -0.25) is 13.8 Å². The van der Waals surface area contributed by atoms with Crippen LogP contribution in [0.2, 0.25) is 0 Å². The van der Waals surface area contributed by atoms with Gasteiger partial charge < -0.3 is 24.8 Å². The third-order valence-electron chi connectivity index (χ3n) is 9.02. The van der Waals surface area contributed by atoms with Crippen LogP contribution < -0.4 is 5.73 Å². The van der Waals surface area contributed by atoms with E-state index in [1.807, 2.05) is 6.08 Å². The Labute approximate surface area is 312 Å². The fourth-order valence-corrected chi connectivity index (χ4v) is 6.61. The Morgan fingerprint density at radius 1 is 0.706 bits per heavy atom. The third-order valence-corrected chi connectivity index (χ3v) is 10.0. The first-order valence-corrected chi connectivity index (χ1v) is 22.1. The Hall–Kier alpha value is -1.48. The van der Waals surface area contributed by atoms with Crippen molar-refractivity contribution in [3.63, 3.8) is 0 Å². The molecule has 1 rings (SSSR count). The minimum absolute atomic E-state index is 0.0190. The molecule has 298 valence electrons. The van der Waals surface area contributed by atoms with Crippen LogP contribution >= 0.6 is 7.82 Å². The van der Waals surface area contributed by atoms with E-state index in [1.165, 1.54) is 96.3 Å². The number of carbonyl (C=O) groups is 1. The Bertz CT molecular complexity index is 943. The summed E-state index contributed by atoms with van der Waals surface area (Å²) in [5, 5.41) is 0. The molecule has 1 aliphatic heterocycles. The van der Waals surface area contributed by atoms with Crippen molar-refractivity contribution in [3.05, 3.63) is 36.6 Å². The number of nitrogens with two attached hydrogens (primary N) is 1. The van der Waals surface area contributed by atoms with E-state index in [0.29, 0.717) is 12.2 Å². The summed E-state index contributed by atoms with van der Waals surface area (Å²) in [6, 6.07) is 0. The number of hydrogen-bond acceptors (Lipinski definition) is 8. The summed E-state index contributed by atoms with van der Waals surface area (Å²) in [6.07, 6.45) is 41.2. The van der Waals surface area contributed by atoms with E-state index in [-0.39, 0.29) is 38.8 Å². The maximum absolute atomic E-state index is 12.6. The molecule has 0 amide bonds. The van der Waals surface area contributed by atoms with Gasteiger partial charge in [0.05, 0.1) is 31.7 Å². The van der Waals surface area contributed by atoms with Crippen molar-refractivity contribution in [2.24, 2.45) is 5.73 Å². The van der Waals surface area contributed by atoms with E-state index in [4.69, 9.17) is 29.0 Å². The fourth-order valence-electron chi connectivity index (χ4n) is 5.84. The van der Waals surface area contributed by atoms with Gasteiger partial charge in [0.25, 0.3) is 0 Å². The van der Waals surface area contributed by atoms with E-state index in [1.54, 1.807) is 6.26 Å². The predicted octanol–water partition coefficient (Wildman–Crippen LogP) is 11.2. The molecule has 1 aliphatic rings. The van der Waals surface area contributed by atoms with Gasteiger partial charge in [-0.25, -0.2) is 4.57 Å². The van der Waals surface area contributed by atoms with Gasteiger partial charge in [0.1, 0.15) is 6.61 Å². The van der Waals surface area contributed by atoms with Crippen LogP contribution in [0.3, 0.4) is 0 Å². The van der Waals surface area contributed by atoms with Gasteiger partial charge in [0, 0.05) is 13.0 Å². The summed E-state index contributed by atoms with van der Waals surface area (Å²) in [6.45, 7) is 4.16. The van der Waals surface area contributed by atoms with Crippen LogP contribution in [0.4, 0.5) is 0 Å². The molecule has 0 bridgehead atoms. The van der Waals surface area contributed by atoms with Crippen molar-refractivity contribution >= 4 is 13.8 Å². The zero-order valence-electron chi connectivity index (χ0n) is 32.5. The van der Waals surface area contributed by atoms with E-state index >= 15 is 0 Å². The van der Waals surface area contributed by atoms with Crippen LogP contribution in [-0.2, 0) is 32.6 Å². The highest BCUT2D eigenvalue weighted by Crippen LogP contribution is 2.43. The molecule has 0 aromatic carbocycles. The predicted molar refractivity (Wildman–Crippen MR) is 209 cm³/mol. The molecule has 4 atom stereocenters. The summed E-state index contributed by atoms with van der Waals surface area (Å²) >= 11 is 0. The van der Waals surface area contributed by atoms with Crippen molar-refractivity contribution in [2.75, 3.05) is 26.4 Å². The zero-order valence-corrected chi connectivity index (χ0v) is 33.4. The van der Waals surface area contributed by atoms with Gasteiger partial charge >= 0.3 is 13.8 Å². The highest BCUT2D eigenvalue weighted by molar-refractivity contribution is 7.47. The average Bonchev–Trinajstić information content (AvgIpc) is 3.87. The summed E-state index contributed by atoms with van der Waals surface area (Å²) < 4.78 is 38.9. The van der Waals surface area contributed by atoms with E-state index < -0.39 is 13.9 Å². The lowest BCUT2D eigenvalue weighted by Crippen LogP contribution is -2.27. The molecule has 9 nitrogen and oxygen atoms in total. The van der Waals surface area contributed by atoms with E-state index in [9.17, 15) is 14.3 Å². The van der Waals surface area contributed by atoms with Gasteiger partial charge in [-0.1, -0.05) is 122 Å². The number of esters is 1. The molecule has 1 heterocycles. The molecule has 0 saturated carbocycles. The SMILES string of the molecule is CCCCC/C=C\CC1OC1CCCCCCCC(=O)O[C@H](CO/C=C/CCCCCCCC/C=C\CCCCCC)COP(=O)(O)OCCN. The highest BCUT2D eigenvalue weighted by Gasteiger charge is 2.36. The largest absolute Gasteiger partial charge is 0.498 e. The Kier molecular flexibility index (Phi) is 32.0. The molecule has 0 radical (unpaired) electrons. The molecule has 3 N–H and O–H groups in total. The lowest BCUT2D eigenvalue weighted by atomic mass is 10.1. The number of allylic oxidation sites excluding steroid dienone is 4. The maximum atomic E-state index is 12.6. The van der Waals surface area contributed by atoms with Gasteiger partial charge in [0.15, 0.2) is 6.10 Å². The minimum atomic E-state index is -4.30. The monoisotopic (exact) mass is 742 g/mol. The molecule has 51 heavy (non-hydrogen) atoms. The van der Waals surface area contributed by atoms with Gasteiger partial charge in [0.2, 0.25) is 0 Å². The van der Waals surface area contributed by atoms with Crippen molar-refractivity contribution in [1.82, 2.24) is 0 Å². The lowest BCUT2D eigenvalue weighted by Gasteiger charge is -2.19. The third kappa shape index (κ3) is 31.7. The van der Waals surface area contributed by atoms with Crippen LogP contribution in [-0.4, -0.2) is 55.5 Å². The molecule has 0 aliphatic carbocycles. The molecule has 0 aromatic heterocycles. The first-order valence-electron chi connectivity index (χ1n) is 20.6. The van der Waals surface area contributed by atoms with Crippen molar-refractivity contribution in [2.45, 2.75) is 193 Å². The number of hydrogen-bond donors (Lipinski definition) is 2. The molecule has 0 spiro atoms. The summed E-state index contributed by atoms with van der Waals surface area (Å²) in [7, 11) is -4.30. The normalized spacial score (nSPS) is 17.8. The number of ether oxygens (including phenoxy) is 3. The number of epoxide rings is 1. The molecular weight excluding hydrogens is 665 g/mol. The quantitative estimate of drug-likeness (QED) is 0.0159.